The van der Waals surface area contributed by atoms with Crippen molar-refractivity contribution in [3.05, 3.63) is 53.2 Å². The summed E-state index contributed by atoms with van der Waals surface area (Å²) in [7, 11) is 1.33. The number of pyridine rings is 1. The average molecular weight is 326 g/mol. The summed E-state index contributed by atoms with van der Waals surface area (Å²) < 4.78 is 4.51. The number of aromatic nitrogens is 1. The number of carbonyl (C=O) groups is 2. The summed E-state index contributed by atoms with van der Waals surface area (Å²) in [4.78, 5) is 28.2. The molecule has 0 spiro atoms. The van der Waals surface area contributed by atoms with Crippen LogP contribution in [-0.4, -0.2) is 30.5 Å². The van der Waals surface area contributed by atoms with Gasteiger partial charge in [0.25, 0.3) is 5.91 Å². The van der Waals surface area contributed by atoms with Crippen LogP contribution in [0.15, 0.2) is 36.4 Å². The first-order valence-electron chi connectivity index (χ1n) is 7.99. The molecule has 0 fully saturated rings. The zero-order valence-electron chi connectivity index (χ0n) is 14.3. The van der Waals surface area contributed by atoms with Crippen molar-refractivity contribution in [2.45, 2.75) is 26.7 Å². The molecule has 2 aromatic rings. The van der Waals surface area contributed by atoms with E-state index in [9.17, 15) is 9.59 Å². The molecule has 0 bridgehead atoms. The van der Waals surface area contributed by atoms with Crippen molar-refractivity contribution in [3.8, 4) is 0 Å². The van der Waals surface area contributed by atoms with Crippen molar-refractivity contribution in [3.63, 3.8) is 0 Å². The SMILES string of the molecule is CCc1nc2ccccc2c(C)c1C(=O)NCC/C=C/C(=O)OC. The number of hydrogen-bond acceptors (Lipinski definition) is 4. The van der Waals surface area contributed by atoms with Crippen molar-refractivity contribution in [1.29, 1.82) is 0 Å². The Morgan fingerprint density at radius 1 is 1.29 bits per heavy atom. The van der Waals surface area contributed by atoms with Gasteiger partial charge < -0.3 is 10.1 Å². The molecular formula is C19H22N2O3. The number of esters is 1. The van der Waals surface area contributed by atoms with Gasteiger partial charge in [0, 0.05) is 18.0 Å². The summed E-state index contributed by atoms with van der Waals surface area (Å²) in [6, 6.07) is 7.83. The Morgan fingerprint density at radius 3 is 2.75 bits per heavy atom. The van der Waals surface area contributed by atoms with Crippen LogP contribution in [0.4, 0.5) is 0 Å². The fourth-order valence-electron chi connectivity index (χ4n) is 2.60. The number of nitrogens with one attached hydrogen (secondary N) is 1. The maximum atomic E-state index is 12.6. The van der Waals surface area contributed by atoms with Gasteiger partial charge in [-0.3, -0.25) is 9.78 Å². The second-order valence-corrected chi connectivity index (χ2v) is 5.40. The second-order valence-electron chi connectivity index (χ2n) is 5.40. The van der Waals surface area contributed by atoms with E-state index < -0.39 is 5.97 Å². The van der Waals surface area contributed by atoms with E-state index in [1.54, 1.807) is 6.08 Å². The standard InChI is InChI=1S/C19H22N2O3/c1-4-15-18(13(2)14-9-5-6-10-16(14)21-15)19(23)20-12-8-7-11-17(22)24-3/h5-7,9-11H,4,8,12H2,1-3H3,(H,20,23)/b11-7+. The van der Waals surface area contributed by atoms with Crippen molar-refractivity contribution in [1.82, 2.24) is 10.3 Å². The Labute approximate surface area is 141 Å². The third-order valence-electron chi connectivity index (χ3n) is 3.84. The van der Waals surface area contributed by atoms with E-state index in [2.05, 4.69) is 15.0 Å². The zero-order valence-corrected chi connectivity index (χ0v) is 14.3. The number of hydrogen-bond donors (Lipinski definition) is 1. The molecule has 0 aliphatic carbocycles. The third kappa shape index (κ3) is 3.98. The highest BCUT2D eigenvalue weighted by Crippen LogP contribution is 2.23. The average Bonchev–Trinajstić information content (AvgIpc) is 2.60. The molecule has 1 heterocycles. The van der Waals surface area contributed by atoms with Gasteiger partial charge in [0.2, 0.25) is 0 Å². The van der Waals surface area contributed by atoms with Crippen LogP contribution in [0.2, 0.25) is 0 Å². The lowest BCUT2D eigenvalue weighted by Crippen LogP contribution is -2.26. The maximum Gasteiger partial charge on any atom is 0.330 e. The Morgan fingerprint density at radius 2 is 2.04 bits per heavy atom. The number of para-hydroxylation sites is 1. The van der Waals surface area contributed by atoms with Gasteiger partial charge in [0.15, 0.2) is 0 Å². The van der Waals surface area contributed by atoms with Crippen LogP contribution in [0.3, 0.4) is 0 Å². The van der Waals surface area contributed by atoms with Crippen LogP contribution in [0.25, 0.3) is 10.9 Å². The fourth-order valence-corrected chi connectivity index (χ4v) is 2.60. The number of amides is 1. The van der Waals surface area contributed by atoms with Crippen LogP contribution < -0.4 is 5.32 Å². The summed E-state index contributed by atoms with van der Waals surface area (Å²) in [5, 5.41) is 3.88. The van der Waals surface area contributed by atoms with Gasteiger partial charge >= 0.3 is 5.97 Å². The highest BCUT2D eigenvalue weighted by molar-refractivity contribution is 6.01. The first-order chi connectivity index (χ1) is 11.6. The molecule has 24 heavy (non-hydrogen) atoms. The van der Waals surface area contributed by atoms with Crippen molar-refractivity contribution in [2.24, 2.45) is 0 Å². The van der Waals surface area contributed by atoms with Gasteiger partial charge in [-0.05, 0) is 31.4 Å². The second kappa shape index (κ2) is 8.24. The number of carbonyl (C=O) groups excluding carboxylic acids is 2. The quantitative estimate of drug-likeness (QED) is 0.503. The van der Waals surface area contributed by atoms with Crippen LogP contribution in [0, 0.1) is 6.92 Å². The number of ether oxygens (including phenoxy) is 1. The molecule has 5 heteroatoms. The highest BCUT2D eigenvalue weighted by Gasteiger charge is 2.17. The number of aryl methyl sites for hydroxylation is 2. The smallest absolute Gasteiger partial charge is 0.330 e. The molecule has 0 atom stereocenters. The molecule has 1 N–H and O–H groups in total. The number of nitrogens with zero attached hydrogens (tertiary/aromatic N) is 1. The molecule has 126 valence electrons. The third-order valence-corrected chi connectivity index (χ3v) is 3.84. The van der Waals surface area contributed by atoms with Crippen LogP contribution in [-0.2, 0) is 16.0 Å². The summed E-state index contributed by atoms with van der Waals surface area (Å²) in [5.41, 5.74) is 3.30. The first-order valence-corrected chi connectivity index (χ1v) is 7.99. The lowest BCUT2D eigenvalue weighted by Gasteiger charge is -2.13. The lowest BCUT2D eigenvalue weighted by atomic mass is 9.99. The zero-order chi connectivity index (χ0) is 17.5. The molecule has 0 aliphatic rings. The molecule has 0 unspecified atom stereocenters. The molecule has 5 nitrogen and oxygen atoms in total. The summed E-state index contributed by atoms with van der Waals surface area (Å²) in [6.45, 7) is 4.39. The number of rotatable bonds is 6. The van der Waals surface area contributed by atoms with E-state index in [1.165, 1.54) is 13.2 Å². The Bertz CT molecular complexity index is 782. The molecule has 0 saturated carbocycles. The van der Waals surface area contributed by atoms with Crippen LogP contribution in [0.5, 0.6) is 0 Å². The van der Waals surface area contributed by atoms with Gasteiger partial charge in [-0.15, -0.1) is 0 Å². The van der Waals surface area contributed by atoms with Gasteiger partial charge in [-0.25, -0.2) is 4.79 Å². The van der Waals surface area contributed by atoms with Gasteiger partial charge in [0.1, 0.15) is 0 Å². The number of benzene rings is 1. The van der Waals surface area contributed by atoms with E-state index in [0.717, 1.165) is 22.2 Å². The molecule has 1 amide bonds. The summed E-state index contributed by atoms with van der Waals surface area (Å²) >= 11 is 0. The minimum absolute atomic E-state index is 0.130. The van der Waals surface area contributed by atoms with Gasteiger partial charge in [-0.2, -0.15) is 0 Å². The molecule has 1 aromatic carbocycles. The predicted molar refractivity (Wildman–Crippen MR) is 94.0 cm³/mol. The normalized spacial score (nSPS) is 11.0. The minimum atomic E-state index is -0.399. The first kappa shape index (κ1) is 17.7. The topological polar surface area (TPSA) is 68.3 Å². The monoisotopic (exact) mass is 326 g/mol. The molecular weight excluding hydrogens is 304 g/mol. The van der Waals surface area contributed by atoms with E-state index in [4.69, 9.17) is 0 Å². The van der Waals surface area contributed by atoms with Crippen molar-refractivity contribution in [2.75, 3.05) is 13.7 Å². The van der Waals surface area contributed by atoms with Crippen molar-refractivity contribution < 1.29 is 14.3 Å². The van der Waals surface area contributed by atoms with E-state index in [1.807, 2.05) is 38.1 Å². The fraction of sp³-hybridized carbons (Fsp3) is 0.316. The van der Waals surface area contributed by atoms with Crippen LogP contribution in [0.1, 0.15) is 35.0 Å². The number of fused-ring (bicyclic) bond motifs is 1. The molecule has 0 aliphatic heterocycles. The van der Waals surface area contributed by atoms with Gasteiger partial charge in [0.05, 0.1) is 23.9 Å². The molecule has 2 rings (SSSR count). The van der Waals surface area contributed by atoms with E-state index in [0.29, 0.717) is 24.9 Å². The van der Waals surface area contributed by atoms with Crippen molar-refractivity contribution >= 4 is 22.8 Å². The van der Waals surface area contributed by atoms with E-state index in [-0.39, 0.29) is 5.91 Å². The summed E-state index contributed by atoms with van der Waals surface area (Å²) in [6.07, 6.45) is 4.28. The Hall–Kier alpha value is -2.69. The lowest BCUT2D eigenvalue weighted by molar-refractivity contribution is -0.134. The molecule has 0 saturated heterocycles. The molecule has 1 aromatic heterocycles. The minimum Gasteiger partial charge on any atom is -0.466 e. The van der Waals surface area contributed by atoms with Crippen LogP contribution >= 0.6 is 0 Å². The largest absolute Gasteiger partial charge is 0.466 e. The molecule has 0 radical (unpaired) electrons. The van der Waals surface area contributed by atoms with Gasteiger partial charge in [-0.1, -0.05) is 31.2 Å². The Kier molecular flexibility index (Phi) is 6.07. The highest BCUT2D eigenvalue weighted by atomic mass is 16.5. The predicted octanol–water partition coefficient (Wildman–Crippen LogP) is 2.95. The van der Waals surface area contributed by atoms with E-state index >= 15 is 0 Å². The maximum absolute atomic E-state index is 12.6. The summed E-state index contributed by atoms with van der Waals surface area (Å²) in [5.74, 6) is -0.529. The Balaban J connectivity index is 2.15. The number of methoxy groups -OCH3 is 1.